The van der Waals surface area contributed by atoms with Gasteiger partial charge in [-0.05, 0) is 195 Å². The third-order valence-electron chi connectivity index (χ3n) is 29.5. The number of hydrogen-bond donors (Lipinski definition) is 6. The van der Waals surface area contributed by atoms with Gasteiger partial charge in [-0.3, -0.25) is 30.5 Å². The standard InChI is InChI=1S/C27H34NO3S.C26H34BrO2S.C23H26ClO3.C23H27O3.C19H21ClNO2S2.5Y/c1-5-6-7-10-25(30)27(2,3)20-13-11-19(12-14-20)26-22(23(28-4)16-24(26)29)18-31-17-21-9-8-15-32-21;1-4-5-11-24(29)26(2,3)19-14-12-18(13-15-19)25-21(22(27)17-23(25)28)10-6-8-20-9-7-16-30-20;1-23(2,14-25)17-9-7-16(8-10-17)22-19(20(24)13-21(22)26)12-15-5-4-6-18(11-15)27-3;1-3-5-19(24)16-10-12-18(13-11-16)23-21(26)14-20(25)22(23)17-8-6-15(4-2)7-9-17;1-2-16(22)12-3-5-13(6-4-12)18-14(15(20)11-17(18)23)7-9-24-19-21-8-10-25-19;;;;;/h8-9,11-14,22-24,26,29H,5-7,10,16-18H2,1-3H3;7,9,12-15,21-23,25,28H,4-6,8,10-11,17H2,1-3H3;4-11,14,19-22,26H,3,12-13H2,1-2H3;6-13,20-23,25-26H,2-5,14H2,1H3;3-6,8,14-15,17-18,23H,2,7,9,11H2,1H3;;;;;/q5*-1;;;;;/t22?,23-,24-,26?;21?,22-,23-,25?;19?,20-,21-,22?;20-,21-,22?,23?;14?,15-,17-,18?;;;;;/m11111...../s1. The van der Waals surface area contributed by atoms with Crippen LogP contribution in [0.1, 0.15) is 312 Å². The molecule has 3 heterocycles. The number of aryl methyl sites for hydroxylation is 1. The van der Waals surface area contributed by atoms with Crippen LogP contribution in [0.15, 0.2) is 205 Å². The quantitative estimate of drug-likeness (QED) is 0.00522. The van der Waals surface area contributed by atoms with E-state index < -0.39 is 46.8 Å². The number of hydrogen-bond acceptors (Lipinski definition) is 18. The summed E-state index contributed by atoms with van der Waals surface area (Å²) in [5, 5.41) is 73.0. The van der Waals surface area contributed by atoms with E-state index in [1.165, 1.54) is 33.1 Å². The number of aliphatic hydroxyl groups is 6. The number of ether oxygens (including phenoxy) is 2. The molecular formula is C118H142BrCl2N2O13S4Y5-5. The van der Waals surface area contributed by atoms with Crippen LogP contribution in [0.5, 0.6) is 5.75 Å². The number of thioether (sulfide) groups is 1. The molecule has 0 saturated heterocycles. The van der Waals surface area contributed by atoms with E-state index in [0.717, 1.165) is 166 Å². The van der Waals surface area contributed by atoms with E-state index in [-0.39, 0.29) is 257 Å². The molecule has 15 nitrogen and oxygen atoms in total. The molecule has 5 aliphatic carbocycles. The molecule has 3 aromatic heterocycles. The maximum absolute atomic E-state index is 12.8. The minimum Gasteiger partial charge on any atom is -0.665 e. The van der Waals surface area contributed by atoms with Crippen molar-refractivity contribution in [1.82, 2.24) is 4.98 Å². The fourth-order valence-electron chi connectivity index (χ4n) is 21.0. The second-order valence-corrected chi connectivity index (χ2v) is 46.4. The van der Waals surface area contributed by atoms with E-state index in [1.54, 1.807) is 29.3 Å². The Hall–Kier alpha value is -2.14. The molecule has 15 rings (SSSR count). The molecule has 6 N–H and O–H groups in total. The molecular weight excluding hydrogens is 2380 g/mol. The Balaban J connectivity index is 0.000000275. The van der Waals surface area contributed by atoms with Gasteiger partial charge in [0.25, 0.3) is 0 Å². The van der Waals surface area contributed by atoms with Crippen LogP contribution in [-0.4, -0.2) is 136 Å². The summed E-state index contributed by atoms with van der Waals surface area (Å²) in [4.78, 5) is 71.5. The number of carbonyl (C=O) groups excluding carboxylic acids is 5. The molecule has 767 valence electrons. The van der Waals surface area contributed by atoms with Gasteiger partial charge in [-0.1, -0.05) is 245 Å². The molecule has 20 atom stereocenters. The first kappa shape index (κ1) is 132. The molecule has 27 heteroatoms. The van der Waals surface area contributed by atoms with Crippen LogP contribution in [0.25, 0.3) is 4.85 Å². The van der Waals surface area contributed by atoms with E-state index >= 15 is 0 Å². The zero-order valence-corrected chi connectivity index (χ0v) is 106. The van der Waals surface area contributed by atoms with E-state index in [2.05, 4.69) is 100 Å². The molecule has 7 aromatic carbocycles. The topological polar surface area (TPSA) is 242 Å². The van der Waals surface area contributed by atoms with Gasteiger partial charge in [0.2, 0.25) is 6.04 Å². The normalized spacial score (nSPS) is 23.9. The Bertz CT molecular complexity index is 5520. The Morgan fingerprint density at radius 3 is 1.46 bits per heavy atom. The van der Waals surface area contributed by atoms with Crippen molar-refractivity contribution in [2.24, 2.45) is 23.7 Å². The van der Waals surface area contributed by atoms with Crippen LogP contribution in [0.2, 0.25) is 0 Å². The third-order valence-corrected chi connectivity index (χ3v) is 35.1. The average Bonchev–Trinajstić information content (AvgIpc) is 1.66. The molecule has 0 spiro atoms. The number of nitrogens with zero attached hydrogens (tertiary/aromatic N) is 2. The van der Waals surface area contributed by atoms with Crippen LogP contribution in [-0.2, 0) is 225 Å². The molecule has 5 saturated carbocycles. The molecule has 0 aliphatic heterocycles. The summed E-state index contributed by atoms with van der Waals surface area (Å²) in [7, 11) is 3.46. The average molecular weight is 2520 g/mol. The SMILES string of the molecule is CCC(=O)c1ccc(C2C(CCSc3nc[c-]s3)[C@H](Cl)C[C@H]2O)cc1.CCCCC(=O)C(C)(C)c1ccc(C2C(CCCc3cc[c-]s3)[C@H](Br)C[C@H]2O)cc1.[C-]#[N+][C@@H]1C[C@@H](O)C(c2ccc(C(C)(C)C(=O)CCCCC)cc2)C1COCc1cc[c-]s1.[CH2-]Cc1ccc(C2C(c3ccc(C(=O)CCC)cc3)[C@H](O)C[C@H]2O)cc1.[CH2-]Oc1cccc(CC2C(c3ccc(C(C)(C)C=O)cc3)[C@H](O)C[C@H]2Cl)c1.[Y].[Y].[Y].[Y].[Y]. The number of aromatic nitrogens is 1. The molecule has 5 fully saturated rings. The van der Waals surface area contributed by atoms with Crippen LogP contribution < -0.4 is 4.74 Å². The molecule has 145 heavy (non-hydrogen) atoms. The third kappa shape index (κ3) is 36.5. The number of alkyl halides is 3. The van der Waals surface area contributed by atoms with Crippen molar-refractivity contribution in [3.8, 4) is 5.75 Å². The predicted molar refractivity (Wildman–Crippen MR) is 574 cm³/mol. The van der Waals surface area contributed by atoms with Gasteiger partial charge in [0.15, 0.2) is 11.6 Å². The van der Waals surface area contributed by atoms with Gasteiger partial charge in [-0.15, -0.1) is 43.7 Å². The van der Waals surface area contributed by atoms with Gasteiger partial charge < -0.3 is 84.3 Å². The zero-order valence-electron chi connectivity index (χ0n) is 85.7. The summed E-state index contributed by atoms with van der Waals surface area (Å²) >= 11 is 23.5. The van der Waals surface area contributed by atoms with Crippen molar-refractivity contribution >= 4 is 114 Å². The first-order valence-electron chi connectivity index (χ1n) is 50.0. The second kappa shape index (κ2) is 65.1. The fraction of sp³-hybridized carbons (Fsp3) is 0.483. The van der Waals surface area contributed by atoms with Crippen molar-refractivity contribution in [3.05, 3.63) is 324 Å². The Morgan fingerprint density at radius 2 is 0.972 bits per heavy atom. The molecule has 5 aliphatic rings. The monoisotopic (exact) mass is 2520 g/mol. The summed E-state index contributed by atoms with van der Waals surface area (Å²) < 4.78 is 12.0. The van der Waals surface area contributed by atoms with Crippen LogP contribution in [0, 0.1) is 60.4 Å². The van der Waals surface area contributed by atoms with E-state index in [0.29, 0.717) is 92.4 Å². The fourth-order valence-corrected chi connectivity index (χ4v) is 25.8. The number of thiophene rings is 2. The predicted octanol–water partition coefficient (Wildman–Crippen LogP) is 26.2. The van der Waals surface area contributed by atoms with Gasteiger partial charge in [0.05, 0.1) is 54.9 Å². The number of rotatable bonds is 40. The van der Waals surface area contributed by atoms with Gasteiger partial charge in [-0.25, -0.2) is 12.6 Å². The van der Waals surface area contributed by atoms with Crippen LogP contribution in [0.4, 0.5) is 0 Å². The largest absolute Gasteiger partial charge is 0.665 e. The maximum Gasteiger partial charge on any atom is 0.231 e. The van der Waals surface area contributed by atoms with Crippen molar-refractivity contribution in [2.75, 3.05) is 12.4 Å². The summed E-state index contributed by atoms with van der Waals surface area (Å²) in [6, 6.07) is 63.5. The van der Waals surface area contributed by atoms with Crippen molar-refractivity contribution < 1.29 is 228 Å². The van der Waals surface area contributed by atoms with E-state index in [9.17, 15) is 54.6 Å². The number of aldehydes is 1. The molecule has 0 bridgehead atoms. The van der Waals surface area contributed by atoms with Crippen molar-refractivity contribution in [1.29, 1.82) is 0 Å². The van der Waals surface area contributed by atoms with Crippen molar-refractivity contribution in [2.45, 2.75) is 325 Å². The number of aliphatic hydroxyl groups excluding tert-OH is 6. The molecule has 10 unspecified atom stereocenters. The summed E-state index contributed by atoms with van der Waals surface area (Å²) in [6.45, 7) is 32.4. The number of carbonyl (C=O) groups is 5. The van der Waals surface area contributed by atoms with E-state index in [1.807, 2.05) is 219 Å². The molecule has 10 aromatic rings. The number of thiazole rings is 1. The summed E-state index contributed by atoms with van der Waals surface area (Å²) in [5.41, 5.74) is 11.6. The first-order chi connectivity index (χ1) is 67.2. The van der Waals surface area contributed by atoms with Crippen molar-refractivity contribution in [3.63, 3.8) is 0 Å². The summed E-state index contributed by atoms with van der Waals surface area (Å²) in [6.07, 6.45) is 16.5. The molecule has 5 radical (unpaired) electrons. The van der Waals surface area contributed by atoms with Gasteiger partial charge in [0.1, 0.15) is 17.9 Å². The summed E-state index contributed by atoms with van der Waals surface area (Å²) in [5.74, 6) is 2.88. The van der Waals surface area contributed by atoms with Crippen LogP contribution in [0.3, 0.4) is 0 Å². The number of unbranched alkanes of at least 4 members (excludes halogenated alkanes) is 3. The number of halogens is 3. The number of benzene rings is 7. The van der Waals surface area contributed by atoms with Gasteiger partial charge >= 0.3 is 0 Å². The Morgan fingerprint density at radius 1 is 0.510 bits per heavy atom. The zero-order chi connectivity index (χ0) is 101. The molecule has 0 amide bonds. The number of Topliss-reactive ketones (excluding diaryl/α,β-unsaturated/α-hetero) is 4. The second-order valence-electron chi connectivity index (χ2n) is 40.0. The first-order valence-corrected chi connectivity index (χ1v) is 55.2. The number of ketones is 4. The maximum atomic E-state index is 12.8. The van der Waals surface area contributed by atoms with Crippen LogP contribution >= 0.6 is 84.9 Å². The van der Waals surface area contributed by atoms with E-state index in [4.69, 9.17) is 39.2 Å². The Kier molecular flexibility index (Phi) is 59.1. The smallest absolute Gasteiger partial charge is 0.231 e. The minimum absolute atomic E-state index is 0. The van der Waals surface area contributed by atoms with Gasteiger partial charge in [-0.2, -0.15) is 48.9 Å². The Labute approximate surface area is 1020 Å². The minimum atomic E-state index is -0.597. The van der Waals surface area contributed by atoms with Gasteiger partial charge in [0, 0.05) is 287 Å².